The Morgan fingerprint density at radius 2 is 1.60 bits per heavy atom. The molecule has 2 aromatic rings. The average molecular weight is 483 g/mol. The molecule has 2 amide bonds. The van der Waals surface area contributed by atoms with Crippen LogP contribution in [0.2, 0.25) is 0 Å². The molecule has 2 aliphatic rings. The summed E-state index contributed by atoms with van der Waals surface area (Å²) in [4.78, 5) is 36.8. The monoisotopic (exact) mass is 482 g/mol. The predicted octanol–water partition coefficient (Wildman–Crippen LogP) is 3.38. The molecule has 2 aliphatic heterocycles. The van der Waals surface area contributed by atoms with Crippen molar-refractivity contribution in [2.75, 3.05) is 32.8 Å². The van der Waals surface area contributed by atoms with Crippen LogP contribution < -0.4 is 4.74 Å². The van der Waals surface area contributed by atoms with E-state index in [-0.39, 0.29) is 12.0 Å². The number of β-amino-alcohol motifs (C(OH)–C–C–N with tert-alkyl or cyclic N) is 1. The number of likely N-dealkylation sites (tertiary alicyclic amines) is 2. The number of carbonyl (C=O) groups is 2. The molecule has 3 heterocycles. The minimum Gasteiger partial charge on any atom is -0.463 e. The summed E-state index contributed by atoms with van der Waals surface area (Å²) in [5, 5.41) is 9.65. The fourth-order valence-corrected chi connectivity index (χ4v) is 4.25. The van der Waals surface area contributed by atoms with Crippen molar-refractivity contribution < 1.29 is 24.2 Å². The molecule has 1 unspecified atom stereocenters. The topological polar surface area (TPSA) is 105 Å². The van der Waals surface area contributed by atoms with Crippen molar-refractivity contribution in [1.29, 1.82) is 0 Å². The summed E-state index contributed by atoms with van der Waals surface area (Å²) in [7, 11) is 0. The summed E-state index contributed by atoms with van der Waals surface area (Å²) in [5.41, 5.74) is 1.85. The van der Waals surface area contributed by atoms with E-state index >= 15 is 0 Å². The molecule has 2 saturated heterocycles. The number of carbonyl (C=O) groups excluding carboxylic acids is 2. The molecule has 188 valence electrons. The Morgan fingerprint density at radius 1 is 0.971 bits per heavy atom. The van der Waals surface area contributed by atoms with Crippen LogP contribution in [0.4, 0.5) is 4.79 Å². The summed E-state index contributed by atoms with van der Waals surface area (Å²) < 4.78 is 11.2. The Hall–Kier alpha value is -3.20. The van der Waals surface area contributed by atoms with E-state index in [2.05, 4.69) is 9.97 Å². The van der Waals surface area contributed by atoms with E-state index in [4.69, 9.17) is 9.47 Å². The maximum atomic E-state index is 12.5. The highest BCUT2D eigenvalue weighted by molar-refractivity contribution is 5.94. The Balaban J connectivity index is 1.24. The lowest BCUT2D eigenvalue weighted by Gasteiger charge is -2.33. The SMILES string of the molecule is CC(C)(C)OC(=O)N1CCC(COc2ncc(-c3ccc(C(=O)N4CCC(O)C4)cc3)cn2)CC1. The van der Waals surface area contributed by atoms with Crippen molar-refractivity contribution in [2.45, 2.75) is 51.7 Å². The molecule has 0 aliphatic carbocycles. The van der Waals surface area contributed by atoms with E-state index in [9.17, 15) is 14.7 Å². The molecule has 4 rings (SSSR count). The number of hydrogen-bond acceptors (Lipinski definition) is 7. The fourth-order valence-electron chi connectivity index (χ4n) is 4.25. The summed E-state index contributed by atoms with van der Waals surface area (Å²) in [6.45, 7) is 8.39. The van der Waals surface area contributed by atoms with Crippen LogP contribution in [0.25, 0.3) is 11.1 Å². The number of rotatable bonds is 5. The molecule has 1 aromatic heterocycles. The van der Waals surface area contributed by atoms with Crippen LogP contribution in [0.15, 0.2) is 36.7 Å². The van der Waals surface area contributed by atoms with Gasteiger partial charge in [-0.15, -0.1) is 0 Å². The molecule has 9 nitrogen and oxygen atoms in total. The second-order valence-electron chi connectivity index (χ2n) is 10.2. The lowest BCUT2D eigenvalue weighted by Crippen LogP contribution is -2.42. The largest absolute Gasteiger partial charge is 0.463 e. The number of piperidine rings is 1. The molecular formula is C26H34N4O5. The van der Waals surface area contributed by atoms with Gasteiger partial charge in [-0.3, -0.25) is 4.79 Å². The Bertz CT molecular complexity index is 1010. The third kappa shape index (κ3) is 6.69. The molecule has 0 bridgehead atoms. The van der Waals surface area contributed by atoms with Crippen molar-refractivity contribution in [3.63, 3.8) is 0 Å². The van der Waals surface area contributed by atoms with Gasteiger partial charge in [0.2, 0.25) is 0 Å². The number of aliphatic hydroxyl groups is 1. The molecule has 35 heavy (non-hydrogen) atoms. The second-order valence-corrected chi connectivity index (χ2v) is 10.2. The zero-order valence-electron chi connectivity index (χ0n) is 20.6. The quantitative estimate of drug-likeness (QED) is 0.697. The van der Waals surface area contributed by atoms with E-state index in [0.717, 1.165) is 24.0 Å². The molecule has 0 saturated carbocycles. The minimum absolute atomic E-state index is 0.0648. The Kier molecular flexibility index (Phi) is 7.54. The number of nitrogens with zero attached hydrogens (tertiary/aromatic N) is 4. The third-order valence-corrected chi connectivity index (χ3v) is 6.26. The zero-order chi connectivity index (χ0) is 25.0. The van der Waals surface area contributed by atoms with Crippen molar-refractivity contribution in [2.24, 2.45) is 5.92 Å². The van der Waals surface area contributed by atoms with Gasteiger partial charge < -0.3 is 24.4 Å². The predicted molar refractivity (Wildman–Crippen MR) is 130 cm³/mol. The average Bonchev–Trinajstić information content (AvgIpc) is 3.28. The fraction of sp³-hybridized carbons (Fsp3) is 0.538. The van der Waals surface area contributed by atoms with Crippen LogP contribution in [0.3, 0.4) is 0 Å². The van der Waals surface area contributed by atoms with Gasteiger partial charge in [0.15, 0.2) is 0 Å². The van der Waals surface area contributed by atoms with Crippen LogP contribution >= 0.6 is 0 Å². The van der Waals surface area contributed by atoms with Crippen LogP contribution in [0.5, 0.6) is 6.01 Å². The van der Waals surface area contributed by atoms with Gasteiger partial charge in [-0.25, -0.2) is 14.8 Å². The smallest absolute Gasteiger partial charge is 0.410 e. The first-order valence-electron chi connectivity index (χ1n) is 12.2. The zero-order valence-corrected chi connectivity index (χ0v) is 20.6. The molecule has 1 N–H and O–H groups in total. The summed E-state index contributed by atoms with van der Waals surface area (Å²) in [6, 6.07) is 7.64. The van der Waals surface area contributed by atoms with Crippen molar-refractivity contribution in [3.8, 4) is 17.1 Å². The van der Waals surface area contributed by atoms with E-state index in [1.807, 2.05) is 32.9 Å². The molecule has 1 atom stereocenters. The van der Waals surface area contributed by atoms with Crippen molar-refractivity contribution in [1.82, 2.24) is 19.8 Å². The number of ether oxygens (including phenoxy) is 2. The molecule has 0 spiro atoms. The highest BCUT2D eigenvalue weighted by Crippen LogP contribution is 2.23. The van der Waals surface area contributed by atoms with Gasteiger partial charge in [-0.1, -0.05) is 12.1 Å². The minimum atomic E-state index is -0.488. The lowest BCUT2D eigenvalue weighted by molar-refractivity contribution is 0.0163. The first kappa shape index (κ1) is 24.9. The molecular weight excluding hydrogens is 448 g/mol. The van der Waals surface area contributed by atoms with Crippen molar-refractivity contribution >= 4 is 12.0 Å². The lowest BCUT2D eigenvalue weighted by atomic mass is 9.98. The van der Waals surface area contributed by atoms with Gasteiger partial charge >= 0.3 is 12.1 Å². The summed E-state index contributed by atoms with van der Waals surface area (Å²) in [6.07, 6.45) is 5.05. The number of benzene rings is 1. The van der Waals surface area contributed by atoms with Crippen LogP contribution in [0, 0.1) is 5.92 Å². The van der Waals surface area contributed by atoms with Gasteiger partial charge in [-0.05, 0) is 63.6 Å². The molecule has 2 fully saturated rings. The number of aromatic nitrogens is 2. The van der Waals surface area contributed by atoms with Gasteiger partial charge in [0, 0.05) is 49.7 Å². The Morgan fingerprint density at radius 3 is 2.17 bits per heavy atom. The van der Waals surface area contributed by atoms with Crippen molar-refractivity contribution in [3.05, 3.63) is 42.2 Å². The number of hydrogen-bond donors (Lipinski definition) is 1. The van der Waals surface area contributed by atoms with E-state index in [1.165, 1.54) is 0 Å². The van der Waals surface area contributed by atoms with E-state index in [1.54, 1.807) is 34.3 Å². The maximum absolute atomic E-state index is 12.5. The summed E-state index contributed by atoms with van der Waals surface area (Å²) >= 11 is 0. The van der Waals surface area contributed by atoms with E-state index in [0.29, 0.717) is 56.7 Å². The molecule has 0 radical (unpaired) electrons. The molecule has 1 aromatic carbocycles. The number of amides is 2. The van der Waals surface area contributed by atoms with Crippen LogP contribution in [-0.2, 0) is 4.74 Å². The van der Waals surface area contributed by atoms with Crippen LogP contribution in [-0.4, -0.2) is 81.4 Å². The highest BCUT2D eigenvalue weighted by Gasteiger charge is 2.27. The Labute approximate surface area is 206 Å². The molecule has 9 heteroatoms. The first-order chi connectivity index (χ1) is 16.7. The third-order valence-electron chi connectivity index (χ3n) is 6.26. The summed E-state index contributed by atoms with van der Waals surface area (Å²) in [5.74, 6) is 0.267. The highest BCUT2D eigenvalue weighted by atomic mass is 16.6. The number of aliphatic hydroxyl groups excluding tert-OH is 1. The van der Waals surface area contributed by atoms with Crippen LogP contribution in [0.1, 0.15) is 50.4 Å². The first-order valence-corrected chi connectivity index (χ1v) is 12.2. The van der Waals surface area contributed by atoms with Gasteiger partial charge in [0.1, 0.15) is 5.60 Å². The van der Waals surface area contributed by atoms with E-state index < -0.39 is 11.7 Å². The van der Waals surface area contributed by atoms with Gasteiger partial charge in [0.05, 0.1) is 12.7 Å². The van der Waals surface area contributed by atoms with Gasteiger partial charge in [0.25, 0.3) is 5.91 Å². The van der Waals surface area contributed by atoms with Gasteiger partial charge in [-0.2, -0.15) is 0 Å². The second kappa shape index (κ2) is 10.6. The normalized spacial score (nSPS) is 19.0. The standard InChI is InChI=1S/C26H34N4O5/c1-26(2,3)35-25(33)29-11-8-18(9-12-29)17-34-24-27-14-21(15-28-24)19-4-6-20(7-5-19)23(32)30-13-10-22(31)16-30/h4-7,14-15,18,22,31H,8-13,16-17H2,1-3H3. The maximum Gasteiger partial charge on any atom is 0.410 e.